The number of amides is 3. The number of hydrogen-bond acceptors (Lipinski definition) is 5. The first kappa shape index (κ1) is 22.4. The average molecular weight is 464 g/mol. The summed E-state index contributed by atoms with van der Waals surface area (Å²) in [5, 5.41) is 4.75. The number of imidazole rings is 1. The van der Waals surface area contributed by atoms with Gasteiger partial charge in [-0.05, 0) is 49.3 Å². The van der Waals surface area contributed by atoms with Crippen LogP contribution in [0.1, 0.15) is 37.2 Å². The molecule has 2 fully saturated rings. The minimum absolute atomic E-state index is 0.153. The minimum Gasteiger partial charge on any atom is -0.337 e. The fraction of sp³-hybridized carbons (Fsp3) is 0.476. The van der Waals surface area contributed by atoms with E-state index in [9.17, 15) is 22.4 Å². The van der Waals surface area contributed by atoms with Gasteiger partial charge in [-0.3, -0.25) is 10.1 Å². The van der Waals surface area contributed by atoms with Gasteiger partial charge in [0, 0.05) is 32.0 Å². The molecule has 4 rings (SSSR count). The van der Waals surface area contributed by atoms with Crippen LogP contribution >= 0.6 is 0 Å². The second kappa shape index (κ2) is 8.99. The molecule has 3 heterocycles. The highest BCUT2D eigenvalue weighted by Crippen LogP contribution is 2.31. The maximum absolute atomic E-state index is 13.2. The van der Waals surface area contributed by atoms with E-state index in [4.69, 9.17) is 0 Å². The predicted octanol–water partition coefficient (Wildman–Crippen LogP) is 1.59. The second-order valence-corrected chi connectivity index (χ2v) is 10.3. The van der Waals surface area contributed by atoms with Crippen LogP contribution in [0.25, 0.3) is 0 Å². The van der Waals surface area contributed by atoms with Crippen LogP contribution in [0.2, 0.25) is 0 Å². The summed E-state index contributed by atoms with van der Waals surface area (Å²) in [6.07, 6.45) is 6.96. The third-order valence-electron chi connectivity index (χ3n) is 6.21. The summed E-state index contributed by atoms with van der Waals surface area (Å²) in [4.78, 5) is 28.4. The molecule has 0 saturated carbocycles. The van der Waals surface area contributed by atoms with Crippen LogP contribution in [0.5, 0.6) is 0 Å². The monoisotopic (exact) mass is 463 g/mol. The van der Waals surface area contributed by atoms with E-state index in [1.165, 1.54) is 16.4 Å². The van der Waals surface area contributed by atoms with Crippen LogP contribution in [0.3, 0.4) is 0 Å². The van der Waals surface area contributed by atoms with E-state index in [-0.39, 0.29) is 18.2 Å². The van der Waals surface area contributed by atoms with E-state index in [1.54, 1.807) is 30.9 Å². The fourth-order valence-corrected chi connectivity index (χ4v) is 6.39. The Labute approximate surface area is 186 Å². The number of hydrogen-bond donors (Lipinski definition) is 2. The molecule has 172 valence electrons. The van der Waals surface area contributed by atoms with E-state index >= 15 is 0 Å². The summed E-state index contributed by atoms with van der Waals surface area (Å²) in [6.45, 7) is 1.17. The third-order valence-corrected chi connectivity index (χ3v) is 8.22. The molecule has 11 heteroatoms. The number of nitrogens with one attached hydrogen (secondary N) is 2. The van der Waals surface area contributed by atoms with Gasteiger partial charge in [-0.25, -0.2) is 26.9 Å². The Balaban J connectivity index is 1.41. The zero-order valence-corrected chi connectivity index (χ0v) is 18.4. The summed E-state index contributed by atoms with van der Waals surface area (Å²) in [6, 6.07) is 5.61. The van der Waals surface area contributed by atoms with E-state index in [1.807, 2.05) is 4.57 Å². The van der Waals surface area contributed by atoms with E-state index in [0.717, 1.165) is 5.56 Å². The van der Waals surface area contributed by atoms with E-state index in [0.29, 0.717) is 38.9 Å². The third kappa shape index (κ3) is 4.83. The van der Waals surface area contributed by atoms with Crippen molar-refractivity contribution in [3.8, 4) is 0 Å². The van der Waals surface area contributed by atoms with Crippen LogP contribution < -0.4 is 10.6 Å². The van der Waals surface area contributed by atoms with Gasteiger partial charge in [0.1, 0.15) is 11.4 Å². The molecule has 2 saturated heterocycles. The number of benzene rings is 1. The second-order valence-electron chi connectivity index (χ2n) is 8.38. The smallest absolute Gasteiger partial charge is 0.322 e. The van der Waals surface area contributed by atoms with Gasteiger partial charge in [0.05, 0.1) is 12.1 Å². The molecular weight excluding hydrogens is 437 g/mol. The van der Waals surface area contributed by atoms with Crippen LogP contribution in [-0.4, -0.2) is 58.6 Å². The van der Waals surface area contributed by atoms with Gasteiger partial charge in [-0.15, -0.1) is 0 Å². The highest BCUT2D eigenvalue weighted by molar-refractivity contribution is 7.89. The average Bonchev–Trinajstić information content (AvgIpc) is 3.36. The van der Waals surface area contributed by atoms with Crippen molar-refractivity contribution in [2.75, 3.05) is 18.8 Å². The largest absolute Gasteiger partial charge is 0.337 e. The quantitative estimate of drug-likeness (QED) is 0.577. The molecule has 2 aliphatic rings. The highest BCUT2D eigenvalue weighted by Gasteiger charge is 2.50. The molecule has 2 N–H and O–H groups in total. The molecule has 0 bridgehead atoms. The molecule has 0 spiro atoms. The molecule has 1 aromatic carbocycles. The van der Waals surface area contributed by atoms with Crippen LogP contribution in [-0.2, 0) is 21.4 Å². The van der Waals surface area contributed by atoms with Crippen molar-refractivity contribution in [3.05, 3.63) is 54.4 Å². The molecule has 1 aromatic heterocycles. The van der Waals surface area contributed by atoms with Crippen LogP contribution in [0, 0.1) is 5.82 Å². The normalized spacial score (nSPS) is 22.7. The zero-order valence-electron chi connectivity index (χ0n) is 17.5. The number of imide groups is 1. The minimum atomic E-state index is -3.80. The summed E-state index contributed by atoms with van der Waals surface area (Å²) >= 11 is 0. The lowest BCUT2D eigenvalue weighted by atomic mass is 9.90. The van der Waals surface area contributed by atoms with Crippen molar-refractivity contribution < 1.29 is 22.4 Å². The van der Waals surface area contributed by atoms with Gasteiger partial charge in [-0.1, -0.05) is 12.1 Å². The summed E-state index contributed by atoms with van der Waals surface area (Å²) in [7, 11) is -3.80. The zero-order chi connectivity index (χ0) is 22.8. The van der Waals surface area contributed by atoms with Gasteiger partial charge < -0.3 is 9.88 Å². The molecule has 1 atom stereocenters. The summed E-state index contributed by atoms with van der Waals surface area (Å²) in [5.74, 6) is -1.24. The Bertz CT molecular complexity index is 1070. The lowest BCUT2D eigenvalue weighted by Crippen LogP contribution is -2.55. The Morgan fingerprint density at radius 3 is 2.47 bits per heavy atom. The van der Waals surface area contributed by atoms with Gasteiger partial charge in [-0.2, -0.15) is 0 Å². The summed E-state index contributed by atoms with van der Waals surface area (Å²) < 4.78 is 42.8. The molecule has 32 heavy (non-hydrogen) atoms. The number of carbonyl (C=O) groups is 2. The van der Waals surface area contributed by atoms with Gasteiger partial charge >= 0.3 is 6.03 Å². The lowest BCUT2D eigenvalue weighted by molar-refractivity contribution is -0.123. The van der Waals surface area contributed by atoms with Crippen molar-refractivity contribution in [2.45, 2.75) is 43.7 Å². The molecule has 1 unspecified atom stereocenters. The number of halogens is 1. The molecule has 9 nitrogen and oxygen atoms in total. The van der Waals surface area contributed by atoms with Crippen molar-refractivity contribution >= 4 is 22.0 Å². The summed E-state index contributed by atoms with van der Waals surface area (Å²) in [5.41, 5.74) is -0.508. The van der Waals surface area contributed by atoms with Crippen molar-refractivity contribution in [3.63, 3.8) is 0 Å². The number of sulfonamides is 1. The SMILES string of the molecule is O=C1NC(=O)C(CCCn2ccnc2)(CS(=O)(=O)N2CCC(c3ccc(F)cc3)CC2)N1. The molecular formula is C21H26FN5O4S. The van der Waals surface area contributed by atoms with Crippen molar-refractivity contribution in [2.24, 2.45) is 0 Å². The first-order valence-electron chi connectivity index (χ1n) is 10.6. The van der Waals surface area contributed by atoms with Crippen molar-refractivity contribution in [1.29, 1.82) is 0 Å². The maximum Gasteiger partial charge on any atom is 0.322 e. The van der Waals surface area contributed by atoms with Gasteiger partial charge in [0.2, 0.25) is 10.0 Å². The van der Waals surface area contributed by atoms with Gasteiger partial charge in [0.15, 0.2) is 0 Å². The predicted molar refractivity (Wildman–Crippen MR) is 115 cm³/mol. The number of piperidine rings is 1. The highest BCUT2D eigenvalue weighted by atomic mass is 32.2. The number of aromatic nitrogens is 2. The first-order chi connectivity index (χ1) is 15.3. The Hall–Kier alpha value is -2.79. The molecule has 0 radical (unpaired) electrons. The standard InChI is InChI=1S/C21H26FN5O4S/c22-18-4-2-16(3-5-18)17-6-11-27(12-7-17)32(30,31)14-21(19(28)24-20(29)25-21)8-1-10-26-13-9-23-15-26/h2-5,9,13,15,17H,1,6-8,10-12,14H2,(H2,24,25,28,29). The molecule has 3 amide bonds. The van der Waals surface area contributed by atoms with Gasteiger partial charge in [0.25, 0.3) is 5.91 Å². The van der Waals surface area contributed by atoms with E-state index < -0.39 is 33.3 Å². The molecule has 2 aliphatic heterocycles. The fourth-order valence-electron chi connectivity index (χ4n) is 4.47. The maximum atomic E-state index is 13.2. The molecule has 2 aromatic rings. The lowest BCUT2D eigenvalue weighted by Gasteiger charge is -2.34. The first-order valence-corrected chi connectivity index (χ1v) is 12.2. The number of aryl methyl sites for hydroxylation is 1. The molecule has 0 aliphatic carbocycles. The van der Waals surface area contributed by atoms with E-state index in [2.05, 4.69) is 15.6 Å². The Morgan fingerprint density at radius 2 is 1.88 bits per heavy atom. The van der Waals surface area contributed by atoms with Crippen LogP contribution in [0.4, 0.5) is 9.18 Å². The number of urea groups is 1. The van der Waals surface area contributed by atoms with Crippen molar-refractivity contribution in [1.82, 2.24) is 24.5 Å². The van der Waals surface area contributed by atoms with Crippen LogP contribution in [0.15, 0.2) is 43.0 Å². The number of nitrogens with zero attached hydrogens (tertiary/aromatic N) is 3. The number of carbonyl (C=O) groups excluding carboxylic acids is 2. The topological polar surface area (TPSA) is 113 Å². The Kier molecular flexibility index (Phi) is 6.29. The number of rotatable bonds is 8. The Morgan fingerprint density at radius 1 is 1.16 bits per heavy atom.